The first kappa shape index (κ1) is 40.1. The van der Waals surface area contributed by atoms with Crippen LogP contribution in [0.1, 0.15) is 73.9 Å². The summed E-state index contributed by atoms with van der Waals surface area (Å²) in [7, 11) is 3.91. The van der Waals surface area contributed by atoms with Crippen LogP contribution >= 0.6 is 0 Å². The number of hydrogen-bond donors (Lipinski definition) is 4. The van der Waals surface area contributed by atoms with Gasteiger partial charge in [-0.1, -0.05) is 78.9 Å². The minimum Gasteiger partial charge on any atom is -0.465 e. The summed E-state index contributed by atoms with van der Waals surface area (Å²) < 4.78 is 5.47. The predicted octanol–water partition coefficient (Wildman–Crippen LogP) is 7.98. The largest absolute Gasteiger partial charge is 0.465 e. The molecule has 9 rings (SSSR count). The summed E-state index contributed by atoms with van der Waals surface area (Å²) in [5.41, 5.74) is 6.98. The number of carbonyl (C=O) groups is 3. The summed E-state index contributed by atoms with van der Waals surface area (Å²) in [5.74, 6) is 1.32. The van der Waals surface area contributed by atoms with Gasteiger partial charge in [0.15, 0.2) is 0 Å². The van der Waals surface area contributed by atoms with E-state index in [9.17, 15) is 19.5 Å². The van der Waals surface area contributed by atoms with E-state index in [1.54, 1.807) is 4.90 Å². The summed E-state index contributed by atoms with van der Waals surface area (Å²) in [6.45, 7) is 2.31. The maximum Gasteiger partial charge on any atom is 0.405 e. The van der Waals surface area contributed by atoms with Gasteiger partial charge in [-0.05, 0) is 104 Å². The van der Waals surface area contributed by atoms with Crippen LogP contribution in [0.25, 0.3) is 44.4 Å². The molecule has 4 N–H and O–H groups in total. The van der Waals surface area contributed by atoms with Crippen LogP contribution in [0.4, 0.5) is 4.79 Å². The van der Waals surface area contributed by atoms with Gasteiger partial charge in [0, 0.05) is 31.9 Å². The maximum absolute atomic E-state index is 14.0. The monoisotopic (exact) mass is 820 g/mol. The standard InChI is InChI=1S/C48H52N8O5/c1-54(2)43(33-8-4-3-5-9-33)47(58)56-23-7-11-41(56)45-50-29-39(52-45)37-19-18-35-26-34(16-17-36(35)27-37)30-12-14-31(15-13-30)38-28-49-44(51-38)40-10-6-22-55(40)46(57)42(53-48(59)60)32-20-24-61-25-21-32/h3-5,8-9,12-19,26-29,32,40-43,53H,6-7,10-11,20-25H2,1-2H3,(H,49,51)(H,50,52)(H,59,60)/t40-,41-,42-,43?/m0/s1. The number of rotatable bonds is 11. The number of aromatic amines is 2. The molecule has 0 bridgehead atoms. The highest BCUT2D eigenvalue weighted by molar-refractivity contribution is 5.91. The third-order valence-electron chi connectivity index (χ3n) is 12.7. The molecule has 13 nitrogen and oxygen atoms in total. The van der Waals surface area contributed by atoms with Crippen LogP contribution < -0.4 is 5.32 Å². The van der Waals surface area contributed by atoms with E-state index < -0.39 is 12.1 Å². The number of carboxylic acid groups (broad SMARTS) is 1. The van der Waals surface area contributed by atoms with Crippen molar-refractivity contribution in [1.29, 1.82) is 0 Å². The van der Waals surface area contributed by atoms with Gasteiger partial charge in [0.25, 0.3) is 0 Å². The number of H-pyrrole nitrogens is 2. The third-order valence-corrected chi connectivity index (χ3v) is 12.7. The molecule has 1 unspecified atom stereocenters. The van der Waals surface area contributed by atoms with Gasteiger partial charge in [-0.25, -0.2) is 14.8 Å². The molecule has 3 amide bonds. The molecule has 3 fully saturated rings. The predicted molar refractivity (Wildman–Crippen MR) is 233 cm³/mol. The Morgan fingerprint density at radius 2 is 1.25 bits per heavy atom. The van der Waals surface area contributed by atoms with Crippen LogP contribution in [0.2, 0.25) is 0 Å². The van der Waals surface area contributed by atoms with E-state index in [0.29, 0.717) is 45.0 Å². The zero-order chi connectivity index (χ0) is 42.0. The second kappa shape index (κ2) is 17.3. The molecule has 0 spiro atoms. The first-order chi connectivity index (χ1) is 29.7. The Balaban J connectivity index is 0.871. The number of imidazole rings is 2. The normalized spacial score (nSPS) is 19.4. The highest BCUT2D eigenvalue weighted by Gasteiger charge is 2.40. The van der Waals surface area contributed by atoms with Gasteiger partial charge in [0.2, 0.25) is 11.8 Å². The zero-order valence-electron chi connectivity index (χ0n) is 34.6. The fourth-order valence-corrected chi connectivity index (χ4v) is 9.57. The van der Waals surface area contributed by atoms with E-state index >= 15 is 0 Å². The number of ether oxygens (including phenoxy) is 1. The number of nitrogens with one attached hydrogen (secondary N) is 3. The molecule has 3 aliphatic heterocycles. The zero-order valence-corrected chi connectivity index (χ0v) is 34.6. The summed E-state index contributed by atoms with van der Waals surface area (Å²) in [5, 5.41) is 14.3. The van der Waals surface area contributed by atoms with Gasteiger partial charge in [-0.15, -0.1) is 0 Å². The van der Waals surface area contributed by atoms with E-state index in [-0.39, 0.29) is 35.9 Å². The number of likely N-dealkylation sites (N-methyl/N-ethyl adjacent to an activating group) is 1. The van der Waals surface area contributed by atoms with Crippen LogP contribution in [-0.2, 0) is 14.3 Å². The lowest BCUT2D eigenvalue weighted by atomic mass is 9.90. The molecule has 2 aromatic heterocycles. The molecule has 4 atom stereocenters. The van der Waals surface area contributed by atoms with Crippen LogP contribution in [0.5, 0.6) is 0 Å². The quantitative estimate of drug-likeness (QED) is 0.102. The number of carbonyl (C=O) groups excluding carboxylic acids is 2. The van der Waals surface area contributed by atoms with Gasteiger partial charge in [0.1, 0.15) is 23.7 Å². The highest BCUT2D eigenvalue weighted by Crippen LogP contribution is 2.37. The van der Waals surface area contributed by atoms with Crippen molar-refractivity contribution >= 4 is 28.7 Å². The van der Waals surface area contributed by atoms with Gasteiger partial charge >= 0.3 is 6.09 Å². The van der Waals surface area contributed by atoms with Gasteiger partial charge in [-0.3, -0.25) is 14.5 Å². The molecule has 0 radical (unpaired) electrons. The van der Waals surface area contributed by atoms with Crippen molar-refractivity contribution in [3.63, 3.8) is 0 Å². The first-order valence-corrected chi connectivity index (χ1v) is 21.4. The Morgan fingerprint density at radius 3 is 1.85 bits per heavy atom. The third kappa shape index (κ3) is 8.27. The second-order valence-corrected chi connectivity index (χ2v) is 16.8. The average Bonchev–Trinajstić information content (AvgIpc) is 4.13. The lowest BCUT2D eigenvalue weighted by molar-refractivity contribution is -0.138. The Morgan fingerprint density at radius 1 is 0.705 bits per heavy atom. The number of amides is 3. The summed E-state index contributed by atoms with van der Waals surface area (Å²) >= 11 is 0. The minimum atomic E-state index is -1.19. The molecule has 0 saturated carbocycles. The van der Waals surface area contributed by atoms with Crippen molar-refractivity contribution in [2.45, 2.75) is 62.7 Å². The van der Waals surface area contributed by atoms with Crippen molar-refractivity contribution < 1.29 is 24.2 Å². The SMILES string of the molecule is CN(C)C(C(=O)N1CCC[C@H]1c1ncc(-c2ccc3cc(-c4ccc(-c5cnc([C@@H]6CCCN6C(=O)[C@@H](NC(=O)O)C6CCOCC6)[nH]5)cc4)ccc3c2)[nH]1)c1ccccc1. The van der Waals surface area contributed by atoms with Crippen LogP contribution in [-0.4, -0.2) is 104 Å². The van der Waals surface area contributed by atoms with Crippen molar-refractivity contribution in [1.82, 2.24) is 40.0 Å². The van der Waals surface area contributed by atoms with Crippen LogP contribution in [0, 0.1) is 5.92 Å². The number of likely N-dealkylation sites (tertiary alicyclic amines) is 2. The van der Waals surface area contributed by atoms with E-state index in [1.807, 2.05) is 66.6 Å². The molecule has 6 aromatic rings. The van der Waals surface area contributed by atoms with Gasteiger partial charge in [-0.2, -0.15) is 0 Å². The molecule has 314 valence electrons. The first-order valence-electron chi connectivity index (χ1n) is 21.4. The molecule has 61 heavy (non-hydrogen) atoms. The lowest BCUT2D eigenvalue weighted by Crippen LogP contribution is -2.52. The molecular weight excluding hydrogens is 769 g/mol. The molecular formula is C48H52N8O5. The Kier molecular flexibility index (Phi) is 11.4. The maximum atomic E-state index is 14.0. The Labute approximate surface area is 355 Å². The van der Waals surface area contributed by atoms with Crippen molar-refractivity contribution in [2.24, 2.45) is 5.92 Å². The van der Waals surface area contributed by atoms with Crippen LogP contribution in [0.15, 0.2) is 103 Å². The van der Waals surface area contributed by atoms with E-state index in [0.717, 1.165) is 81.5 Å². The average molecular weight is 821 g/mol. The fraction of sp³-hybridized carbons (Fsp3) is 0.354. The lowest BCUT2D eigenvalue weighted by Gasteiger charge is -2.33. The van der Waals surface area contributed by atoms with Crippen molar-refractivity contribution in [3.8, 4) is 33.6 Å². The molecule has 5 heterocycles. The smallest absolute Gasteiger partial charge is 0.405 e. The summed E-state index contributed by atoms with van der Waals surface area (Å²) in [4.78, 5) is 61.8. The topological polar surface area (TPSA) is 160 Å². The van der Waals surface area contributed by atoms with E-state index in [2.05, 4.69) is 75.9 Å². The van der Waals surface area contributed by atoms with Gasteiger partial charge < -0.3 is 34.9 Å². The molecule has 4 aromatic carbocycles. The number of hydrogen-bond acceptors (Lipinski definition) is 7. The molecule has 13 heteroatoms. The molecule has 3 aliphatic rings. The van der Waals surface area contributed by atoms with E-state index in [4.69, 9.17) is 14.7 Å². The number of nitrogens with zero attached hydrogens (tertiary/aromatic N) is 5. The number of fused-ring (bicyclic) bond motifs is 1. The Hall–Kier alpha value is -6.31. The highest BCUT2D eigenvalue weighted by atomic mass is 16.5. The molecule has 0 aliphatic carbocycles. The minimum absolute atomic E-state index is 0.0955. The van der Waals surface area contributed by atoms with Gasteiger partial charge in [0.05, 0.1) is 35.9 Å². The molecule has 3 saturated heterocycles. The Bertz CT molecular complexity index is 2510. The fourth-order valence-electron chi connectivity index (χ4n) is 9.57. The van der Waals surface area contributed by atoms with E-state index in [1.165, 1.54) is 0 Å². The second-order valence-electron chi connectivity index (χ2n) is 16.8. The van der Waals surface area contributed by atoms with Crippen molar-refractivity contribution in [2.75, 3.05) is 40.4 Å². The number of aromatic nitrogens is 4. The summed E-state index contributed by atoms with van der Waals surface area (Å²) in [6.07, 6.45) is 7.16. The number of benzene rings is 4. The summed E-state index contributed by atoms with van der Waals surface area (Å²) in [6, 6.07) is 29.8. The van der Waals surface area contributed by atoms with Crippen LogP contribution in [0.3, 0.4) is 0 Å². The van der Waals surface area contributed by atoms with Crippen molar-refractivity contribution in [3.05, 3.63) is 121 Å².